The quantitative estimate of drug-likeness (QED) is 0.266. The van der Waals surface area contributed by atoms with Gasteiger partial charge in [0.05, 0.1) is 11.0 Å². The van der Waals surface area contributed by atoms with Crippen LogP contribution in [0.25, 0.3) is 0 Å². The predicted molar refractivity (Wildman–Crippen MR) is 140 cm³/mol. The maximum Gasteiger partial charge on any atom is 0.269 e. The van der Waals surface area contributed by atoms with Crippen LogP contribution in [0.2, 0.25) is 0 Å². The van der Waals surface area contributed by atoms with E-state index in [0.717, 1.165) is 5.56 Å². The number of nitro groups is 1. The summed E-state index contributed by atoms with van der Waals surface area (Å²) in [4.78, 5) is 63.2. The smallest absolute Gasteiger partial charge is 0.269 e. The van der Waals surface area contributed by atoms with Gasteiger partial charge in [0.15, 0.2) is 0 Å². The van der Waals surface area contributed by atoms with E-state index in [-0.39, 0.29) is 12.1 Å². The number of hydrogen-bond donors (Lipinski definition) is 4. The number of nitrogens with zero attached hydrogens (tertiary/aromatic N) is 2. The van der Waals surface area contributed by atoms with Gasteiger partial charge in [-0.1, -0.05) is 30.3 Å². The highest BCUT2D eigenvalue weighted by atomic mass is 16.6. The molecule has 3 rings (SSSR count). The maximum absolute atomic E-state index is 13.3. The van der Waals surface area contributed by atoms with Crippen molar-refractivity contribution in [1.82, 2.24) is 15.5 Å². The summed E-state index contributed by atoms with van der Waals surface area (Å²) in [6, 6.07) is 11.1. The van der Waals surface area contributed by atoms with E-state index in [1.54, 1.807) is 0 Å². The summed E-state index contributed by atoms with van der Waals surface area (Å²) in [6.07, 6.45) is 1.19. The first-order valence-corrected chi connectivity index (χ1v) is 12.3. The average molecular weight is 525 g/mol. The first kappa shape index (κ1) is 28.3. The molecule has 5 N–H and O–H groups in total. The van der Waals surface area contributed by atoms with Crippen LogP contribution in [0.3, 0.4) is 0 Å². The number of nitrogens with one attached hydrogen (secondary N) is 3. The second kappa shape index (κ2) is 12.8. The largest absolute Gasteiger partial charge is 0.343 e. The Balaban J connectivity index is 1.73. The summed E-state index contributed by atoms with van der Waals surface area (Å²) < 4.78 is 0. The van der Waals surface area contributed by atoms with Crippen LogP contribution in [-0.2, 0) is 25.6 Å². The van der Waals surface area contributed by atoms with Gasteiger partial charge in [0, 0.05) is 30.8 Å². The van der Waals surface area contributed by atoms with Gasteiger partial charge in [-0.25, -0.2) is 0 Å². The normalized spacial score (nSPS) is 17.1. The van der Waals surface area contributed by atoms with E-state index >= 15 is 0 Å². The molecule has 4 unspecified atom stereocenters. The zero-order valence-corrected chi connectivity index (χ0v) is 21.3. The second-order valence-corrected chi connectivity index (χ2v) is 9.25. The molecule has 12 nitrogen and oxygen atoms in total. The van der Waals surface area contributed by atoms with Crippen molar-refractivity contribution in [3.05, 3.63) is 70.3 Å². The van der Waals surface area contributed by atoms with E-state index in [1.165, 1.54) is 43.0 Å². The van der Waals surface area contributed by atoms with Crippen LogP contribution in [0.4, 0.5) is 11.4 Å². The lowest BCUT2D eigenvalue weighted by Crippen LogP contribution is -2.56. The highest BCUT2D eigenvalue weighted by molar-refractivity contribution is 5.99. The van der Waals surface area contributed by atoms with Gasteiger partial charge in [-0.05, 0) is 44.4 Å². The first-order chi connectivity index (χ1) is 18.1. The number of carbonyl (C=O) groups is 4. The minimum atomic E-state index is -0.979. The zero-order valence-electron chi connectivity index (χ0n) is 21.3. The predicted octanol–water partition coefficient (Wildman–Crippen LogP) is 1.10. The molecule has 0 aromatic heterocycles. The molecular formula is C26H32N6O6. The van der Waals surface area contributed by atoms with Gasteiger partial charge in [0.25, 0.3) is 5.69 Å². The molecule has 1 aliphatic rings. The molecule has 0 aliphatic carbocycles. The minimum absolute atomic E-state index is 0.116. The number of anilines is 1. The lowest BCUT2D eigenvalue weighted by atomic mass is 10.0. The van der Waals surface area contributed by atoms with Gasteiger partial charge in [-0.3, -0.25) is 29.3 Å². The van der Waals surface area contributed by atoms with Crippen molar-refractivity contribution in [1.29, 1.82) is 0 Å². The van der Waals surface area contributed by atoms with Crippen LogP contribution in [0, 0.1) is 10.1 Å². The zero-order chi connectivity index (χ0) is 27.8. The third-order valence-corrected chi connectivity index (χ3v) is 6.24. The molecule has 1 saturated heterocycles. The Morgan fingerprint density at radius 3 is 2.29 bits per heavy atom. The molecule has 1 heterocycles. The van der Waals surface area contributed by atoms with E-state index < -0.39 is 52.7 Å². The Morgan fingerprint density at radius 1 is 1.03 bits per heavy atom. The van der Waals surface area contributed by atoms with E-state index in [0.29, 0.717) is 25.1 Å². The van der Waals surface area contributed by atoms with Crippen LogP contribution in [0.5, 0.6) is 0 Å². The third kappa shape index (κ3) is 7.35. The Morgan fingerprint density at radius 2 is 1.68 bits per heavy atom. The molecule has 2 aromatic carbocycles. The van der Waals surface area contributed by atoms with E-state index in [2.05, 4.69) is 16.0 Å². The number of non-ortho nitro benzene ring substituents is 1. The molecule has 2 aromatic rings. The molecule has 0 spiro atoms. The monoisotopic (exact) mass is 524 g/mol. The Bertz CT molecular complexity index is 1170. The Labute approximate surface area is 220 Å². The molecule has 0 saturated carbocycles. The molecule has 38 heavy (non-hydrogen) atoms. The summed E-state index contributed by atoms with van der Waals surface area (Å²) in [5.41, 5.74) is 6.60. The van der Waals surface area contributed by atoms with Crippen molar-refractivity contribution in [2.45, 2.75) is 57.3 Å². The van der Waals surface area contributed by atoms with Crippen molar-refractivity contribution in [2.75, 3.05) is 11.9 Å². The summed E-state index contributed by atoms with van der Waals surface area (Å²) in [7, 11) is 0. The van der Waals surface area contributed by atoms with Gasteiger partial charge < -0.3 is 26.6 Å². The fourth-order valence-corrected chi connectivity index (χ4v) is 4.18. The molecule has 4 amide bonds. The lowest BCUT2D eigenvalue weighted by molar-refractivity contribution is -0.384. The molecule has 1 aliphatic heterocycles. The van der Waals surface area contributed by atoms with Gasteiger partial charge >= 0.3 is 0 Å². The number of likely N-dealkylation sites (tertiary alicyclic amines) is 1. The van der Waals surface area contributed by atoms with Crippen molar-refractivity contribution in [3.8, 4) is 0 Å². The summed E-state index contributed by atoms with van der Waals surface area (Å²) in [6.45, 7) is 3.38. The topological polar surface area (TPSA) is 177 Å². The lowest BCUT2D eigenvalue weighted by Gasteiger charge is -2.29. The number of hydrogen-bond acceptors (Lipinski definition) is 7. The van der Waals surface area contributed by atoms with Crippen LogP contribution < -0.4 is 21.7 Å². The number of benzene rings is 2. The fourth-order valence-electron chi connectivity index (χ4n) is 4.18. The van der Waals surface area contributed by atoms with Gasteiger partial charge in [0.1, 0.15) is 18.1 Å². The van der Waals surface area contributed by atoms with E-state index in [4.69, 9.17) is 5.73 Å². The summed E-state index contributed by atoms with van der Waals surface area (Å²) in [5.74, 6) is -1.88. The molecule has 0 radical (unpaired) electrons. The first-order valence-electron chi connectivity index (χ1n) is 12.3. The second-order valence-electron chi connectivity index (χ2n) is 9.25. The van der Waals surface area contributed by atoms with Crippen molar-refractivity contribution < 1.29 is 24.1 Å². The molecule has 1 fully saturated rings. The highest BCUT2D eigenvalue weighted by Crippen LogP contribution is 2.20. The fraction of sp³-hybridized carbons (Fsp3) is 0.385. The minimum Gasteiger partial charge on any atom is -0.343 e. The number of nitrogens with two attached hydrogens (primary N) is 1. The number of nitro benzene ring substituents is 1. The van der Waals surface area contributed by atoms with Crippen molar-refractivity contribution >= 4 is 35.0 Å². The van der Waals surface area contributed by atoms with Gasteiger partial charge in [-0.2, -0.15) is 0 Å². The molecular weight excluding hydrogens is 492 g/mol. The highest BCUT2D eigenvalue weighted by Gasteiger charge is 2.38. The van der Waals surface area contributed by atoms with Crippen molar-refractivity contribution in [2.24, 2.45) is 5.73 Å². The van der Waals surface area contributed by atoms with E-state index in [9.17, 15) is 29.3 Å². The molecule has 0 bridgehead atoms. The number of carbonyl (C=O) groups excluding carboxylic acids is 4. The Hall–Kier alpha value is -4.32. The van der Waals surface area contributed by atoms with Crippen molar-refractivity contribution in [3.63, 3.8) is 0 Å². The number of amides is 4. The van der Waals surface area contributed by atoms with Crippen LogP contribution in [0.15, 0.2) is 54.6 Å². The summed E-state index contributed by atoms with van der Waals surface area (Å²) >= 11 is 0. The van der Waals surface area contributed by atoms with Gasteiger partial charge in [0.2, 0.25) is 23.6 Å². The summed E-state index contributed by atoms with van der Waals surface area (Å²) in [5, 5.41) is 18.9. The average Bonchev–Trinajstić information content (AvgIpc) is 3.38. The molecule has 4 atom stereocenters. The standard InChI is InChI=1S/C26H32N6O6/c1-16(27)23(33)28-17(2)26(36)31-14-6-9-22(31)25(35)30-21(15-18-7-4-3-5-8-18)24(34)29-19-10-12-20(13-11-19)32(37)38/h3-5,7-8,10-13,16-17,21-22H,6,9,14-15,27H2,1-2H3,(H,28,33)(H,29,34)(H,30,35). The molecule has 12 heteroatoms. The maximum atomic E-state index is 13.3. The Kier molecular flexibility index (Phi) is 9.49. The van der Waals surface area contributed by atoms with Crippen LogP contribution in [-0.4, -0.2) is 64.2 Å². The third-order valence-electron chi connectivity index (χ3n) is 6.24. The van der Waals surface area contributed by atoms with Crippen LogP contribution >= 0.6 is 0 Å². The van der Waals surface area contributed by atoms with Crippen LogP contribution in [0.1, 0.15) is 32.3 Å². The van der Waals surface area contributed by atoms with E-state index in [1.807, 2.05) is 30.3 Å². The number of rotatable bonds is 10. The van der Waals surface area contributed by atoms with Gasteiger partial charge in [-0.15, -0.1) is 0 Å². The SMILES string of the molecule is CC(N)C(=O)NC(C)C(=O)N1CCCC1C(=O)NC(Cc1ccccc1)C(=O)Nc1ccc([N+](=O)[O-])cc1. The molecule has 202 valence electrons.